The number of benzene rings is 1. The van der Waals surface area contributed by atoms with Crippen molar-refractivity contribution in [2.75, 3.05) is 0 Å². The van der Waals surface area contributed by atoms with Gasteiger partial charge in [-0.05, 0) is 17.7 Å². The van der Waals surface area contributed by atoms with E-state index in [2.05, 4.69) is 26.1 Å². The fourth-order valence-electron chi connectivity index (χ4n) is 1.48. The summed E-state index contributed by atoms with van der Waals surface area (Å²) in [6.45, 7) is 1.51. The van der Waals surface area contributed by atoms with E-state index in [4.69, 9.17) is 0 Å². The number of H-pyrrole nitrogens is 1. The van der Waals surface area contributed by atoms with Crippen LogP contribution >= 0.6 is 15.9 Å². The molecule has 0 saturated carbocycles. The van der Waals surface area contributed by atoms with Crippen LogP contribution < -0.4 is 0 Å². The smallest absolute Gasteiger partial charge is 0.179 e. The highest BCUT2D eigenvalue weighted by Gasteiger charge is 2.07. The van der Waals surface area contributed by atoms with Gasteiger partial charge in [0.25, 0.3) is 0 Å². The van der Waals surface area contributed by atoms with Gasteiger partial charge in [-0.15, -0.1) is 0 Å². The Labute approximate surface area is 102 Å². The summed E-state index contributed by atoms with van der Waals surface area (Å²) in [5.41, 5.74) is 2.60. The quantitative estimate of drug-likeness (QED) is 0.878. The van der Waals surface area contributed by atoms with Gasteiger partial charge in [0.1, 0.15) is 5.69 Å². The number of halogens is 1. The number of Topliss-reactive ketones (excluding diaryl/α,β-unsaturated/α-hetero) is 1. The summed E-state index contributed by atoms with van der Waals surface area (Å²) in [6, 6.07) is 9.79. The molecule has 2 aromatic rings. The molecule has 0 aliphatic heterocycles. The summed E-state index contributed by atoms with van der Waals surface area (Å²) in [6.07, 6.45) is 0.738. The van der Waals surface area contributed by atoms with Crippen LogP contribution in [-0.4, -0.2) is 16.0 Å². The average Bonchev–Trinajstić information content (AvgIpc) is 2.70. The van der Waals surface area contributed by atoms with Crippen molar-refractivity contribution in [1.82, 2.24) is 10.2 Å². The number of aromatic nitrogens is 2. The second-order valence-corrected chi connectivity index (χ2v) is 4.46. The van der Waals surface area contributed by atoms with Crippen LogP contribution in [0.3, 0.4) is 0 Å². The first-order valence-corrected chi connectivity index (χ1v) is 5.75. The van der Waals surface area contributed by atoms with Gasteiger partial charge in [-0.25, -0.2) is 0 Å². The van der Waals surface area contributed by atoms with E-state index in [9.17, 15) is 4.79 Å². The summed E-state index contributed by atoms with van der Waals surface area (Å²) < 4.78 is 1.06. The lowest BCUT2D eigenvalue weighted by atomic mass is 10.1. The van der Waals surface area contributed by atoms with Crippen molar-refractivity contribution < 1.29 is 4.79 Å². The zero-order chi connectivity index (χ0) is 11.5. The van der Waals surface area contributed by atoms with Gasteiger partial charge in [0.2, 0.25) is 0 Å². The summed E-state index contributed by atoms with van der Waals surface area (Å²) in [5, 5.41) is 6.82. The molecule has 0 spiro atoms. The highest BCUT2D eigenvalue weighted by Crippen LogP contribution is 2.18. The second-order valence-electron chi connectivity index (χ2n) is 3.60. The molecule has 16 heavy (non-hydrogen) atoms. The molecule has 1 N–H and O–H groups in total. The Hall–Kier alpha value is -1.42. The molecule has 3 nitrogen and oxygen atoms in total. The first-order valence-electron chi connectivity index (χ1n) is 4.95. The number of hydrogen-bond donors (Lipinski definition) is 1. The molecule has 0 bridgehead atoms. The topological polar surface area (TPSA) is 45.8 Å². The molecule has 0 aliphatic carbocycles. The number of hydrogen-bond acceptors (Lipinski definition) is 2. The number of ketones is 1. The number of nitrogens with zero attached hydrogens (tertiary/aromatic N) is 1. The van der Waals surface area contributed by atoms with E-state index in [1.165, 1.54) is 12.5 Å². The molecule has 1 aromatic carbocycles. The minimum absolute atomic E-state index is 0.0189. The predicted octanol–water partition coefficient (Wildman–Crippen LogP) is 2.97. The largest absolute Gasteiger partial charge is 0.293 e. The van der Waals surface area contributed by atoms with Crippen LogP contribution in [0.15, 0.2) is 34.8 Å². The molecular weight excluding hydrogens is 268 g/mol. The first kappa shape index (κ1) is 11.1. The van der Waals surface area contributed by atoms with Crippen LogP contribution in [0.4, 0.5) is 0 Å². The van der Waals surface area contributed by atoms with Gasteiger partial charge in [-0.1, -0.05) is 34.1 Å². The van der Waals surface area contributed by atoms with Crippen LogP contribution in [0.25, 0.3) is 0 Å². The first-order chi connectivity index (χ1) is 7.66. The van der Waals surface area contributed by atoms with Crippen molar-refractivity contribution in [3.05, 3.63) is 51.8 Å². The Kier molecular flexibility index (Phi) is 3.19. The van der Waals surface area contributed by atoms with Gasteiger partial charge < -0.3 is 0 Å². The van der Waals surface area contributed by atoms with Crippen molar-refractivity contribution in [1.29, 1.82) is 0 Å². The number of carbonyl (C=O) groups is 1. The van der Waals surface area contributed by atoms with E-state index >= 15 is 0 Å². The van der Waals surface area contributed by atoms with Gasteiger partial charge >= 0.3 is 0 Å². The molecule has 0 amide bonds. The van der Waals surface area contributed by atoms with Crippen molar-refractivity contribution >= 4 is 21.7 Å². The van der Waals surface area contributed by atoms with Gasteiger partial charge in [-0.2, -0.15) is 5.10 Å². The Balaban J connectivity index is 2.21. The second kappa shape index (κ2) is 4.61. The fraction of sp³-hybridized carbons (Fsp3) is 0.167. The van der Waals surface area contributed by atoms with E-state index in [1.54, 1.807) is 6.07 Å². The maximum atomic E-state index is 11.1. The summed E-state index contributed by atoms with van der Waals surface area (Å²) in [7, 11) is 0. The monoisotopic (exact) mass is 278 g/mol. The number of aromatic amines is 1. The molecule has 0 atom stereocenters. The van der Waals surface area contributed by atoms with Gasteiger partial charge in [0, 0.05) is 23.5 Å². The number of rotatable bonds is 3. The zero-order valence-corrected chi connectivity index (χ0v) is 10.4. The average molecular weight is 279 g/mol. The minimum Gasteiger partial charge on any atom is -0.293 e. The molecule has 0 fully saturated rings. The molecule has 1 heterocycles. The third-order valence-electron chi connectivity index (χ3n) is 2.33. The van der Waals surface area contributed by atoms with Crippen LogP contribution in [0.2, 0.25) is 0 Å². The van der Waals surface area contributed by atoms with Gasteiger partial charge in [0.15, 0.2) is 5.78 Å². The summed E-state index contributed by atoms with van der Waals surface area (Å²) >= 11 is 3.49. The van der Waals surface area contributed by atoms with Gasteiger partial charge in [-0.3, -0.25) is 9.89 Å². The lowest BCUT2D eigenvalue weighted by molar-refractivity contribution is 0.101. The molecule has 0 radical (unpaired) electrons. The van der Waals surface area contributed by atoms with Crippen molar-refractivity contribution in [3.63, 3.8) is 0 Å². The summed E-state index contributed by atoms with van der Waals surface area (Å²) in [4.78, 5) is 11.1. The molecule has 1 aromatic heterocycles. The predicted molar refractivity (Wildman–Crippen MR) is 65.5 cm³/mol. The van der Waals surface area contributed by atoms with E-state index in [0.717, 1.165) is 16.6 Å². The molecule has 0 unspecified atom stereocenters. The van der Waals surface area contributed by atoms with Crippen molar-refractivity contribution in [2.24, 2.45) is 0 Å². The Bertz CT molecular complexity index is 519. The van der Waals surface area contributed by atoms with Crippen molar-refractivity contribution in [2.45, 2.75) is 13.3 Å². The normalized spacial score (nSPS) is 10.4. The standard InChI is InChI=1S/C12H11BrN2O/c1-8(16)12-7-10(14-15-12)6-9-4-2-3-5-11(9)13/h2-5,7H,6H2,1H3,(H,14,15). The highest BCUT2D eigenvalue weighted by atomic mass is 79.9. The maximum Gasteiger partial charge on any atom is 0.179 e. The lowest BCUT2D eigenvalue weighted by Gasteiger charge is -2.00. The van der Waals surface area contributed by atoms with Crippen LogP contribution in [0.1, 0.15) is 28.7 Å². The van der Waals surface area contributed by atoms with Crippen LogP contribution in [0, 0.1) is 0 Å². The van der Waals surface area contributed by atoms with Crippen LogP contribution in [0.5, 0.6) is 0 Å². The van der Waals surface area contributed by atoms with E-state index in [-0.39, 0.29) is 5.78 Å². The molecule has 2 rings (SSSR count). The van der Waals surface area contributed by atoms with E-state index in [0.29, 0.717) is 5.69 Å². The van der Waals surface area contributed by atoms with Crippen molar-refractivity contribution in [3.8, 4) is 0 Å². The van der Waals surface area contributed by atoms with Gasteiger partial charge in [0.05, 0.1) is 0 Å². The molecular formula is C12H11BrN2O. The zero-order valence-electron chi connectivity index (χ0n) is 8.83. The van der Waals surface area contributed by atoms with E-state index in [1.807, 2.05) is 24.3 Å². The minimum atomic E-state index is -0.0189. The highest BCUT2D eigenvalue weighted by molar-refractivity contribution is 9.10. The third kappa shape index (κ3) is 2.39. The Morgan fingerprint density at radius 2 is 2.19 bits per heavy atom. The third-order valence-corrected chi connectivity index (χ3v) is 3.10. The number of carbonyl (C=O) groups excluding carboxylic acids is 1. The van der Waals surface area contributed by atoms with E-state index < -0.39 is 0 Å². The molecule has 0 saturated heterocycles. The Morgan fingerprint density at radius 1 is 1.44 bits per heavy atom. The lowest BCUT2D eigenvalue weighted by Crippen LogP contribution is -1.90. The fourth-order valence-corrected chi connectivity index (χ4v) is 1.90. The summed E-state index contributed by atoms with van der Waals surface area (Å²) in [5.74, 6) is -0.0189. The molecule has 82 valence electrons. The molecule has 4 heteroatoms. The maximum absolute atomic E-state index is 11.1. The van der Waals surface area contributed by atoms with Crippen LogP contribution in [-0.2, 0) is 6.42 Å². The SMILES string of the molecule is CC(=O)c1cc(Cc2ccccc2Br)[nH]n1. The molecule has 0 aliphatic rings. The number of nitrogens with one attached hydrogen (secondary N) is 1. The Morgan fingerprint density at radius 3 is 2.81 bits per heavy atom.